The highest BCUT2D eigenvalue weighted by Crippen LogP contribution is 2.31. The molecule has 1 aromatic heterocycles. The molecule has 0 bridgehead atoms. The lowest BCUT2D eigenvalue weighted by atomic mass is 10.1. The highest BCUT2D eigenvalue weighted by molar-refractivity contribution is 6.42. The summed E-state index contributed by atoms with van der Waals surface area (Å²) in [5.74, 6) is -0.562. The molecule has 0 saturated heterocycles. The van der Waals surface area contributed by atoms with Crippen LogP contribution < -0.4 is 0 Å². The summed E-state index contributed by atoms with van der Waals surface area (Å²) in [5, 5.41) is 6.01. The number of carbonyl (C=O) groups excluding carboxylic acids is 1. The molecule has 0 amide bonds. The van der Waals surface area contributed by atoms with Gasteiger partial charge in [0.1, 0.15) is 0 Å². The quantitative estimate of drug-likeness (QED) is 0.497. The summed E-state index contributed by atoms with van der Waals surface area (Å²) in [5.41, 5.74) is 2.05. The molecule has 0 aliphatic carbocycles. The molecule has 1 heterocycles. The number of aromatic nitrogens is 2. The molecule has 2 aromatic carbocycles. The van der Waals surface area contributed by atoms with E-state index < -0.39 is 5.97 Å². The highest BCUT2D eigenvalue weighted by atomic mass is 35.5. The van der Waals surface area contributed by atoms with E-state index in [9.17, 15) is 4.79 Å². The first kappa shape index (κ1) is 18.1. The molecule has 0 fully saturated rings. The van der Waals surface area contributed by atoms with Crippen LogP contribution in [0.3, 0.4) is 0 Å². The summed E-state index contributed by atoms with van der Waals surface area (Å²) < 4.78 is 6.30. The Morgan fingerprint density at radius 1 is 0.960 bits per heavy atom. The van der Waals surface area contributed by atoms with Gasteiger partial charge in [0.05, 0.1) is 28.5 Å². The van der Waals surface area contributed by atoms with Crippen molar-refractivity contribution in [1.29, 1.82) is 0 Å². The van der Waals surface area contributed by atoms with Crippen molar-refractivity contribution in [1.82, 2.24) is 9.78 Å². The number of methoxy groups -OCH3 is 1. The third kappa shape index (κ3) is 3.77. The van der Waals surface area contributed by atoms with Crippen molar-refractivity contribution in [2.24, 2.45) is 0 Å². The number of rotatable bonds is 3. The van der Waals surface area contributed by atoms with E-state index in [-0.39, 0.29) is 5.69 Å². The zero-order valence-electron chi connectivity index (χ0n) is 12.8. The number of nitrogens with zero attached hydrogens (tertiary/aromatic N) is 2. The van der Waals surface area contributed by atoms with Crippen molar-refractivity contribution in [2.45, 2.75) is 0 Å². The molecule has 0 unspecified atom stereocenters. The van der Waals surface area contributed by atoms with Gasteiger partial charge in [-0.05, 0) is 36.4 Å². The molecule has 0 N–H and O–H groups in total. The van der Waals surface area contributed by atoms with E-state index in [4.69, 9.17) is 51.1 Å². The van der Waals surface area contributed by atoms with E-state index in [1.54, 1.807) is 47.1 Å². The van der Waals surface area contributed by atoms with E-state index in [2.05, 4.69) is 5.10 Å². The second-order valence-corrected chi connectivity index (χ2v) is 6.76. The van der Waals surface area contributed by atoms with Gasteiger partial charge in [-0.3, -0.25) is 0 Å². The second-order valence-electron chi connectivity index (χ2n) is 5.07. The molecule has 4 nitrogen and oxygen atoms in total. The zero-order valence-corrected chi connectivity index (χ0v) is 15.8. The Morgan fingerprint density at radius 3 is 2.24 bits per heavy atom. The normalized spacial score (nSPS) is 10.8. The number of halogens is 4. The van der Waals surface area contributed by atoms with Gasteiger partial charge in [0, 0.05) is 15.6 Å². The summed E-state index contributed by atoms with van der Waals surface area (Å²) in [7, 11) is 1.29. The molecule has 0 aliphatic heterocycles. The van der Waals surface area contributed by atoms with Crippen LogP contribution in [-0.4, -0.2) is 22.9 Å². The van der Waals surface area contributed by atoms with Crippen molar-refractivity contribution >= 4 is 52.4 Å². The molecule has 3 aromatic rings. The Bertz CT molecular complexity index is 949. The summed E-state index contributed by atoms with van der Waals surface area (Å²) in [6, 6.07) is 11.7. The Labute approximate surface area is 163 Å². The maximum absolute atomic E-state index is 11.9. The average Bonchev–Trinajstić information content (AvgIpc) is 3.01. The minimum absolute atomic E-state index is 0.139. The first-order valence-electron chi connectivity index (χ1n) is 6.99. The fourth-order valence-electron chi connectivity index (χ4n) is 2.30. The van der Waals surface area contributed by atoms with Gasteiger partial charge in [-0.15, -0.1) is 0 Å². The number of esters is 1. The predicted molar refractivity (Wildman–Crippen MR) is 100 cm³/mol. The van der Waals surface area contributed by atoms with E-state index in [1.807, 2.05) is 0 Å². The van der Waals surface area contributed by atoms with Crippen molar-refractivity contribution in [3.63, 3.8) is 0 Å². The van der Waals surface area contributed by atoms with Gasteiger partial charge in [-0.2, -0.15) is 5.10 Å². The third-order valence-corrected chi connectivity index (χ3v) is 4.59. The average molecular weight is 416 g/mol. The van der Waals surface area contributed by atoms with Crippen LogP contribution in [-0.2, 0) is 4.74 Å². The SMILES string of the molecule is COC(=O)c1cc(-c2ccc(Cl)c(Cl)c2)n(-c2cc(Cl)cc(Cl)c2)n1. The molecule has 0 spiro atoms. The van der Waals surface area contributed by atoms with Gasteiger partial charge in [0.2, 0.25) is 0 Å². The predicted octanol–water partition coefficient (Wildman–Crippen LogP) is 5.94. The third-order valence-electron chi connectivity index (χ3n) is 3.41. The summed E-state index contributed by atoms with van der Waals surface area (Å²) >= 11 is 24.3. The summed E-state index contributed by atoms with van der Waals surface area (Å²) in [6.45, 7) is 0. The van der Waals surface area contributed by atoms with Gasteiger partial charge >= 0.3 is 5.97 Å². The lowest BCUT2D eigenvalue weighted by Crippen LogP contribution is -2.04. The van der Waals surface area contributed by atoms with E-state index in [0.29, 0.717) is 37.0 Å². The monoisotopic (exact) mass is 414 g/mol. The maximum Gasteiger partial charge on any atom is 0.358 e. The Morgan fingerprint density at radius 2 is 1.64 bits per heavy atom. The molecular weight excluding hydrogens is 406 g/mol. The van der Waals surface area contributed by atoms with Crippen LogP contribution >= 0.6 is 46.4 Å². The molecule has 0 saturated carbocycles. The van der Waals surface area contributed by atoms with Gasteiger partial charge < -0.3 is 4.74 Å². The van der Waals surface area contributed by atoms with Gasteiger partial charge in [0.15, 0.2) is 5.69 Å². The Hall–Kier alpha value is -1.72. The minimum Gasteiger partial charge on any atom is -0.464 e. The minimum atomic E-state index is -0.562. The largest absolute Gasteiger partial charge is 0.464 e. The second kappa shape index (κ2) is 7.26. The maximum atomic E-state index is 11.9. The van der Waals surface area contributed by atoms with Crippen LogP contribution in [0.25, 0.3) is 16.9 Å². The fraction of sp³-hybridized carbons (Fsp3) is 0.0588. The van der Waals surface area contributed by atoms with Crippen molar-refractivity contribution < 1.29 is 9.53 Å². The number of benzene rings is 2. The molecule has 3 rings (SSSR count). The van der Waals surface area contributed by atoms with Crippen LogP contribution in [0.15, 0.2) is 42.5 Å². The summed E-state index contributed by atoms with van der Waals surface area (Å²) in [4.78, 5) is 11.9. The number of hydrogen-bond donors (Lipinski definition) is 0. The van der Waals surface area contributed by atoms with Crippen molar-refractivity contribution in [3.05, 3.63) is 68.2 Å². The Kier molecular flexibility index (Phi) is 5.25. The topological polar surface area (TPSA) is 44.1 Å². The van der Waals surface area contributed by atoms with Gasteiger partial charge in [-0.1, -0.05) is 52.5 Å². The van der Waals surface area contributed by atoms with Gasteiger partial charge in [-0.25, -0.2) is 9.48 Å². The number of ether oxygens (including phenoxy) is 1. The lowest BCUT2D eigenvalue weighted by molar-refractivity contribution is 0.0593. The van der Waals surface area contributed by atoms with E-state index in [0.717, 1.165) is 0 Å². The molecular formula is C17H10Cl4N2O2. The van der Waals surface area contributed by atoms with Crippen LogP contribution in [0.5, 0.6) is 0 Å². The molecule has 8 heteroatoms. The number of hydrogen-bond acceptors (Lipinski definition) is 3. The Balaban J connectivity index is 2.23. The molecule has 0 aliphatic rings. The first-order valence-corrected chi connectivity index (χ1v) is 8.50. The van der Waals surface area contributed by atoms with Crippen LogP contribution in [0, 0.1) is 0 Å². The smallest absolute Gasteiger partial charge is 0.358 e. The number of carbonyl (C=O) groups is 1. The highest BCUT2D eigenvalue weighted by Gasteiger charge is 2.18. The summed E-state index contributed by atoms with van der Waals surface area (Å²) in [6.07, 6.45) is 0. The zero-order chi connectivity index (χ0) is 18.1. The van der Waals surface area contributed by atoms with E-state index in [1.165, 1.54) is 7.11 Å². The van der Waals surface area contributed by atoms with Crippen molar-refractivity contribution in [3.8, 4) is 16.9 Å². The van der Waals surface area contributed by atoms with Crippen LogP contribution in [0.4, 0.5) is 0 Å². The first-order chi connectivity index (χ1) is 11.9. The lowest BCUT2D eigenvalue weighted by Gasteiger charge is -2.09. The molecule has 25 heavy (non-hydrogen) atoms. The molecule has 0 radical (unpaired) electrons. The molecule has 128 valence electrons. The van der Waals surface area contributed by atoms with Crippen LogP contribution in [0.2, 0.25) is 20.1 Å². The standard InChI is InChI=1S/C17H10Cl4N2O2/c1-25-17(24)15-8-16(9-2-3-13(20)14(21)4-9)23(22-15)12-6-10(18)5-11(19)7-12/h2-8H,1H3. The fourth-order valence-corrected chi connectivity index (χ4v) is 3.12. The van der Waals surface area contributed by atoms with Crippen LogP contribution in [0.1, 0.15) is 10.5 Å². The van der Waals surface area contributed by atoms with Crippen molar-refractivity contribution in [2.75, 3.05) is 7.11 Å². The van der Waals surface area contributed by atoms with E-state index >= 15 is 0 Å². The molecule has 0 atom stereocenters. The van der Waals surface area contributed by atoms with Gasteiger partial charge in [0.25, 0.3) is 0 Å².